The summed E-state index contributed by atoms with van der Waals surface area (Å²) in [6.45, 7) is 5.52. The Morgan fingerprint density at radius 2 is 2.00 bits per heavy atom. The second-order valence-electron chi connectivity index (χ2n) is 4.56. The Bertz CT molecular complexity index is 166. The molecule has 0 amide bonds. The van der Waals surface area contributed by atoms with Crippen LogP contribution in [-0.2, 0) is 4.74 Å². The SMILES string of the molecule is C=CCOCCC1CCCC(CCO)C1. The van der Waals surface area contributed by atoms with Gasteiger partial charge in [-0.3, -0.25) is 0 Å². The third kappa shape index (κ3) is 5.33. The lowest BCUT2D eigenvalue weighted by molar-refractivity contribution is 0.123. The van der Waals surface area contributed by atoms with E-state index in [0.717, 1.165) is 24.9 Å². The van der Waals surface area contributed by atoms with Gasteiger partial charge in [-0.2, -0.15) is 0 Å². The second-order valence-corrected chi connectivity index (χ2v) is 4.56. The monoisotopic (exact) mass is 212 g/mol. The van der Waals surface area contributed by atoms with Crippen molar-refractivity contribution in [2.45, 2.75) is 38.5 Å². The minimum atomic E-state index is 0.352. The van der Waals surface area contributed by atoms with Crippen LogP contribution in [0.25, 0.3) is 0 Å². The van der Waals surface area contributed by atoms with Crippen LogP contribution in [0.2, 0.25) is 0 Å². The molecule has 0 aromatic carbocycles. The molecule has 0 heterocycles. The highest BCUT2D eigenvalue weighted by atomic mass is 16.5. The summed E-state index contributed by atoms with van der Waals surface area (Å²) in [7, 11) is 0. The maximum absolute atomic E-state index is 8.92. The summed E-state index contributed by atoms with van der Waals surface area (Å²) in [5.74, 6) is 1.58. The molecule has 1 rings (SSSR count). The van der Waals surface area contributed by atoms with Crippen LogP contribution in [0.5, 0.6) is 0 Å². The molecule has 0 bridgehead atoms. The molecule has 2 heteroatoms. The first-order chi connectivity index (χ1) is 7.36. The Hall–Kier alpha value is -0.340. The van der Waals surface area contributed by atoms with E-state index in [1.807, 2.05) is 0 Å². The van der Waals surface area contributed by atoms with Gasteiger partial charge in [-0.15, -0.1) is 6.58 Å². The first-order valence-corrected chi connectivity index (χ1v) is 6.16. The van der Waals surface area contributed by atoms with Crippen LogP contribution in [0.1, 0.15) is 38.5 Å². The first-order valence-electron chi connectivity index (χ1n) is 6.16. The van der Waals surface area contributed by atoms with Crippen molar-refractivity contribution >= 4 is 0 Å². The third-order valence-electron chi connectivity index (χ3n) is 3.33. The molecule has 1 saturated carbocycles. The quantitative estimate of drug-likeness (QED) is 0.519. The lowest BCUT2D eigenvalue weighted by atomic mass is 9.79. The highest BCUT2D eigenvalue weighted by Crippen LogP contribution is 2.32. The van der Waals surface area contributed by atoms with Crippen molar-refractivity contribution in [2.75, 3.05) is 19.8 Å². The molecule has 0 radical (unpaired) electrons. The fraction of sp³-hybridized carbons (Fsp3) is 0.846. The van der Waals surface area contributed by atoms with E-state index < -0.39 is 0 Å². The number of rotatable bonds is 7. The highest BCUT2D eigenvalue weighted by molar-refractivity contribution is 4.73. The third-order valence-corrected chi connectivity index (χ3v) is 3.33. The van der Waals surface area contributed by atoms with Gasteiger partial charge in [0, 0.05) is 13.2 Å². The molecule has 2 nitrogen and oxygen atoms in total. The zero-order valence-electron chi connectivity index (χ0n) is 9.66. The lowest BCUT2D eigenvalue weighted by Gasteiger charge is -2.28. The van der Waals surface area contributed by atoms with Crippen molar-refractivity contribution in [1.29, 1.82) is 0 Å². The number of aliphatic hydroxyl groups excluding tert-OH is 1. The summed E-state index contributed by atoms with van der Waals surface area (Å²) in [6, 6.07) is 0. The van der Waals surface area contributed by atoms with E-state index in [1.54, 1.807) is 6.08 Å². The molecule has 88 valence electrons. The second kappa shape index (κ2) is 7.89. The van der Waals surface area contributed by atoms with Crippen molar-refractivity contribution in [3.8, 4) is 0 Å². The van der Waals surface area contributed by atoms with Crippen molar-refractivity contribution < 1.29 is 9.84 Å². The molecule has 1 N–H and O–H groups in total. The maximum Gasteiger partial charge on any atom is 0.0644 e. The van der Waals surface area contributed by atoms with E-state index in [1.165, 1.54) is 32.1 Å². The standard InChI is InChI=1S/C13H24O2/c1-2-9-15-10-7-13-5-3-4-12(11-13)6-8-14/h2,12-14H,1,3-11H2. The van der Waals surface area contributed by atoms with Crippen LogP contribution in [0.3, 0.4) is 0 Å². The number of hydrogen-bond acceptors (Lipinski definition) is 2. The summed E-state index contributed by atoms with van der Waals surface area (Å²) < 4.78 is 5.41. The van der Waals surface area contributed by atoms with E-state index in [-0.39, 0.29) is 0 Å². The van der Waals surface area contributed by atoms with Gasteiger partial charge in [0.1, 0.15) is 0 Å². The van der Waals surface area contributed by atoms with Crippen LogP contribution < -0.4 is 0 Å². The minimum absolute atomic E-state index is 0.352. The largest absolute Gasteiger partial charge is 0.396 e. The van der Waals surface area contributed by atoms with E-state index >= 15 is 0 Å². The Balaban J connectivity index is 2.09. The lowest BCUT2D eigenvalue weighted by Crippen LogP contribution is -2.18. The van der Waals surface area contributed by atoms with Gasteiger partial charge in [0.2, 0.25) is 0 Å². The maximum atomic E-state index is 8.92. The molecule has 0 aromatic heterocycles. The van der Waals surface area contributed by atoms with Crippen molar-refractivity contribution in [1.82, 2.24) is 0 Å². The zero-order chi connectivity index (χ0) is 10.9. The van der Waals surface area contributed by atoms with Gasteiger partial charge in [0.15, 0.2) is 0 Å². The smallest absolute Gasteiger partial charge is 0.0644 e. The molecule has 2 unspecified atom stereocenters. The van der Waals surface area contributed by atoms with E-state index in [2.05, 4.69) is 6.58 Å². The van der Waals surface area contributed by atoms with Gasteiger partial charge >= 0.3 is 0 Å². The number of aliphatic hydroxyl groups is 1. The van der Waals surface area contributed by atoms with Gasteiger partial charge in [-0.1, -0.05) is 25.3 Å². The van der Waals surface area contributed by atoms with Crippen molar-refractivity contribution in [3.63, 3.8) is 0 Å². The van der Waals surface area contributed by atoms with Gasteiger partial charge < -0.3 is 9.84 Å². The summed E-state index contributed by atoms with van der Waals surface area (Å²) in [4.78, 5) is 0. The zero-order valence-corrected chi connectivity index (χ0v) is 9.66. The van der Waals surface area contributed by atoms with Gasteiger partial charge in [-0.05, 0) is 31.1 Å². The predicted octanol–water partition coefficient (Wildman–Crippen LogP) is 2.77. The van der Waals surface area contributed by atoms with E-state index in [4.69, 9.17) is 9.84 Å². The molecule has 0 saturated heterocycles. The Kier molecular flexibility index (Phi) is 6.69. The molecular formula is C13H24O2. The van der Waals surface area contributed by atoms with Crippen LogP contribution in [0.15, 0.2) is 12.7 Å². The molecule has 0 aliphatic heterocycles. The minimum Gasteiger partial charge on any atom is -0.396 e. The Morgan fingerprint density at radius 1 is 1.27 bits per heavy atom. The Morgan fingerprint density at radius 3 is 2.67 bits per heavy atom. The molecule has 1 aliphatic carbocycles. The predicted molar refractivity (Wildman–Crippen MR) is 62.8 cm³/mol. The average molecular weight is 212 g/mol. The topological polar surface area (TPSA) is 29.5 Å². The van der Waals surface area contributed by atoms with Gasteiger partial charge in [-0.25, -0.2) is 0 Å². The number of ether oxygens (including phenoxy) is 1. The molecule has 1 aliphatic rings. The van der Waals surface area contributed by atoms with Crippen molar-refractivity contribution in [3.05, 3.63) is 12.7 Å². The van der Waals surface area contributed by atoms with E-state index in [0.29, 0.717) is 13.2 Å². The molecule has 1 fully saturated rings. The average Bonchev–Trinajstić information content (AvgIpc) is 2.26. The fourth-order valence-electron chi connectivity index (χ4n) is 2.53. The normalized spacial score (nSPS) is 26.5. The molecule has 2 atom stereocenters. The number of hydrogen-bond donors (Lipinski definition) is 1. The molecule has 15 heavy (non-hydrogen) atoms. The molecular weight excluding hydrogens is 188 g/mol. The van der Waals surface area contributed by atoms with Crippen LogP contribution in [-0.4, -0.2) is 24.9 Å². The Labute approximate surface area is 93.3 Å². The molecule has 0 spiro atoms. The molecule has 0 aromatic rings. The first kappa shape index (κ1) is 12.7. The van der Waals surface area contributed by atoms with Crippen LogP contribution in [0, 0.1) is 11.8 Å². The summed E-state index contributed by atoms with van der Waals surface area (Å²) in [5.41, 5.74) is 0. The summed E-state index contributed by atoms with van der Waals surface area (Å²) >= 11 is 0. The summed E-state index contributed by atoms with van der Waals surface area (Å²) in [5, 5.41) is 8.92. The van der Waals surface area contributed by atoms with Crippen molar-refractivity contribution in [2.24, 2.45) is 11.8 Å². The summed E-state index contributed by atoms with van der Waals surface area (Å²) in [6.07, 6.45) is 9.24. The van der Waals surface area contributed by atoms with Crippen LogP contribution >= 0.6 is 0 Å². The van der Waals surface area contributed by atoms with Gasteiger partial charge in [0.25, 0.3) is 0 Å². The van der Waals surface area contributed by atoms with Crippen LogP contribution in [0.4, 0.5) is 0 Å². The highest BCUT2D eigenvalue weighted by Gasteiger charge is 2.21. The fourth-order valence-corrected chi connectivity index (χ4v) is 2.53. The van der Waals surface area contributed by atoms with E-state index in [9.17, 15) is 0 Å². The van der Waals surface area contributed by atoms with Gasteiger partial charge in [0.05, 0.1) is 6.61 Å².